The molecule has 0 aromatic carbocycles. The quantitative estimate of drug-likeness (QED) is 0.774. The van der Waals surface area contributed by atoms with Crippen LogP contribution in [0.25, 0.3) is 0 Å². The van der Waals surface area contributed by atoms with Crippen molar-refractivity contribution in [3.63, 3.8) is 0 Å². The normalized spacial score (nSPS) is 39.9. The van der Waals surface area contributed by atoms with Crippen molar-refractivity contribution in [3.05, 3.63) is 0 Å². The molecule has 4 heteroatoms. The van der Waals surface area contributed by atoms with Gasteiger partial charge in [-0.05, 0) is 50.4 Å². The van der Waals surface area contributed by atoms with Crippen molar-refractivity contribution in [2.24, 2.45) is 23.5 Å². The number of nitrogens with two attached hydrogens (primary N) is 1. The van der Waals surface area contributed by atoms with Gasteiger partial charge in [0.2, 0.25) is 11.8 Å². The molecule has 0 radical (unpaired) electrons. The third kappa shape index (κ3) is 1.94. The lowest BCUT2D eigenvalue weighted by atomic mass is 9.96. The van der Waals surface area contributed by atoms with E-state index in [4.69, 9.17) is 5.73 Å². The van der Waals surface area contributed by atoms with Crippen LogP contribution in [0, 0.1) is 17.8 Å². The zero-order valence-corrected chi connectivity index (χ0v) is 10.1. The predicted octanol–water partition coefficient (Wildman–Crippen LogP) is 0.899. The van der Waals surface area contributed by atoms with Crippen molar-refractivity contribution in [3.8, 4) is 0 Å². The molecule has 3 rings (SSSR count). The van der Waals surface area contributed by atoms with E-state index in [1.165, 1.54) is 6.42 Å². The Morgan fingerprint density at radius 1 is 1.06 bits per heavy atom. The Morgan fingerprint density at radius 2 is 1.76 bits per heavy atom. The van der Waals surface area contributed by atoms with Crippen LogP contribution in [0.2, 0.25) is 0 Å². The number of piperidine rings is 1. The standard InChI is InChI=1S/C13H20N2O2/c14-12(16)11-3-1-2-4-15(11)13(17)10-6-8-5-9(8)7-10/h8-11H,1-7H2,(H2,14,16). The smallest absolute Gasteiger partial charge is 0.240 e. The van der Waals surface area contributed by atoms with Crippen LogP contribution in [0.1, 0.15) is 38.5 Å². The Labute approximate surface area is 102 Å². The Morgan fingerprint density at radius 3 is 2.41 bits per heavy atom. The molecular formula is C13H20N2O2. The molecule has 17 heavy (non-hydrogen) atoms. The van der Waals surface area contributed by atoms with Gasteiger partial charge in [-0.3, -0.25) is 9.59 Å². The highest BCUT2D eigenvalue weighted by Crippen LogP contribution is 2.54. The minimum Gasteiger partial charge on any atom is -0.368 e. The maximum atomic E-state index is 12.4. The Bertz CT molecular complexity index is 345. The summed E-state index contributed by atoms with van der Waals surface area (Å²) < 4.78 is 0. The van der Waals surface area contributed by atoms with E-state index >= 15 is 0 Å². The first-order valence-electron chi connectivity index (χ1n) is 6.76. The lowest BCUT2D eigenvalue weighted by Crippen LogP contribution is -2.52. The SMILES string of the molecule is NC(=O)C1CCCCN1C(=O)C1CC2CC2C1. The highest BCUT2D eigenvalue weighted by molar-refractivity contribution is 5.88. The molecule has 3 aliphatic rings. The Balaban J connectivity index is 1.68. The molecule has 3 fully saturated rings. The number of hydrogen-bond acceptors (Lipinski definition) is 2. The van der Waals surface area contributed by atoms with Gasteiger partial charge in [-0.2, -0.15) is 0 Å². The first-order chi connectivity index (χ1) is 8.16. The molecule has 0 spiro atoms. The molecule has 3 atom stereocenters. The van der Waals surface area contributed by atoms with Crippen LogP contribution in [0.3, 0.4) is 0 Å². The van der Waals surface area contributed by atoms with Crippen LogP contribution in [-0.2, 0) is 9.59 Å². The molecule has 4 nitrogen and oxygen atoms in total. The van der Waals surface area contributed by atoms with Gasteiger partial charge in [0, 0.05) is 12.5 Å². The molecular weight excluding hydrogens is 216 g/mol. The summed E-state index contributed by atoms with van der Waals surface area (Å²) in [6.07, 6.45) is 6.18. The van der Waals surface area contributed by atoms with Crippen molar-refractivity contribution < 1.29 is 9.59 Å². The van der Waals surface area contributed by atoms with E-state index in [0.29, 0.717) is 0 Å². The fourth-order valence-corrected chi connectivity index (χ4v) is 3.64. The molecule has 3 unspecified atom stereocenters. The average Bonchev–Trinajstić information content (AvgIpc) is 2.95. The molecule has 1 saturated heterocycles. The van der Waals surface area contributed by atoms with Gasteiger partial charge in [0.05, 0.1) is 0 Å². The Hall–Kier alpha value is -1.06. The van der Waals surface area contributed by atoms with Gasteiger partial charge in [-0.15, -0.1) is 0 Å². The monoisotopic (exact) mass is 236 g/mol. The van der Waals surface area contributed by atoms with Gasteiger partial charge in [-0.25, -0.2) is 0 Å². The van der Waals surface area contributed by atoms with Gasteiger partial charge in [-0.1, -0.05) is 0 Å². The third-order valence-electron chi connectivity index (χ3n) is 4.71. The summed E-state index contributed by atoms with van der Waals surface area (Å²) in [5, 5.41) is 0. The fourth-order valence-electron chi connectivity index (χ4n) is 3.64. The third-order valence-corrected chi connectivity index (χ3v) is 4.71. The van der Waals surface area contributed by atoms with E-state index in [2.05, 4.69) is 0 Å². The van der Waals surface area contributed by atoms with E-state index in [0.717, 1.165) is 50.5 Å². The van der Waals surface area contributed by atoms with Gasteiger partial charge in [0.25, 0.3) is 0 Å². The van der Waals surface area contributed by atoms with E-state index in [-0.39, 0.29) is 23.8 Å². The lowest BCUT2D eigenvalue weighted by molar-refractivity contribution is -0.144. The summed E-state index contributed by atoms with van der Waals surface area (Å²) in [6, 6.07) is -0.340. The van der Waals surface area contributed by atoms with Crippen LogP contribution in [0.4, 0.5) is 0 Å². The van der Waals surface area contributed by atoms with E-state index in [9.17, 15) is 9.59 Å². The summed E-state index contributed by atoms with van der Waals surface area (Å²) in [6.45, 7) is 0.721. The number of carbonyl (C=O) groups excluding carboxylic acids is 2. The predicted molar refractivity (Wildman–Crippen MR) is 62.9 cm³/mol. The maximum absolute atomic E-state index is 12.4. The summed E-state index contributed by atoms with van der Waals surface area (Å²) in [7, 11) is 0. The number of fused-ring (bicyclic) bond motifs is 1. The number of hydrogen-bond donors (Lipinski definition) is 1. The number of nitrogens with zero attached hydrogens (tertiary/aromatic N) is 1. The van der Waals surface area contributed by atoms with Crippen LogP contribution in [-0.4, -0.2) is 29.3 Å². The summed E-state index contributed by atoms with van der Waals surface area (Å²) in [4.78, 5) is 25.6. The van der Waals surface area contributed by atoms with E-state index in [1.54, 1.807) is 4.90 Å². The number of rotatable bonds is 2. The first kappa shape index (κ1) is 11.1. The van der Waals surface area contributed by atoms with Crippen molar-refractivity contribution in [1.29, 1.82) is 0 Å². The summed E-state index contributed by atoms with van der Waals surface area (Å²) in [5.41, 5.74) is 5.40. The average molecular weight is 236 g/mol. The summed E-state index contributed by atoms with van der Waals surface area (Å²) >= 11 is 0. The molecule has 0 aromatic rings. The number of likely N-dealkylation sites (tertiary alicyclic amines) is 1. The topological polar surface area (TPSA) is 63.4 Å². The number of amides is 2. The second-order valence-corrected chi connectivity index (χ2v) is 5.87. The number of carbonyl (C=O) groups is 2. The van der Waals surface area contributed by atoms with Crippen molar-refractivity contribution in [2.75, 3.05) is 6.54 Å². The van der Waals surface area contributed by atoms with Crippen LogP contribution in [0.15, 0.2) is 0 Å². The molecule has 0 bridgehead atoms. The molecule has 2 amide bonds. The molecule has 1 heterocycles. The zero-order valence-electron chi connectivity index (χ0n) is 10.1. The molecule has 94 valence electrons. The van der Waals surface area contributed by atoms with Gasteiger partial charge in [0.15, 0.2) is 0 Å². The van der Waals surface area contributed by atoms with Gasteiger partial charge < -0.3 is 10.6 Å². The minimum atomic E-state index is -0.340. The number of primary amides is 1. The minimum absolute atomic E-state index is 0.179. The Kier molecular flexibility index (Phi) is 2.60. The van der Waals surface area contributed by atoms with Crippen molar-refractivity contribution in [1.82, 2.24) is 4.90 Å². The molecule has 2 aliphatic carbocycles. The summed E-state index contributed by atoms with van der Waals surface area (Å²) in [5.74, 6) is 1.65. The molecule has 2 saturated carbocycles. The van der Waals surface area contributed by atoms with E-state index in [1.807, 2.05) is 0 Å². The largest absolute Gasteiger partial charge is 0.368 e. The zero-order chi connectivity index (χ0) is 12.0. The second-order valence-electron chi connectivity index (χ2n) is 5.87. The van der Waals surface area contributed by atoms with Crippen LogP contribution in [0.5, 0.6) is 0 Å². The van der Waals surface area contributed by atoms with Crippen LogP contribution >= 0.6 is 0 Å². The molecule has 0 aromatic heterocycles. The van der Waals surface area contributed by atoms with Crippen molar-refractivity contribution >= 4 is 11.8 Å². The van der Waals surface area contributed by atoms with Crippen LogP contribution < -0.4 is 5.73 Å². The van der Waals surface area contributed by atoms with Gasteiger partial charge >= 0.3 is 0 Å². The lowest BCUT2D eigenvalue weighted by Gasteiger charge is -2.35. The van der Waals surface area contributed by atoms with Gasteiger partial charge in [0.1, 0.15) is 6.04 Å². The van der Waals surface area contributed by atoms with Crippen molar-refractivity contribution in [2.45, 2.75) is 44.6 Å². The first-order valence-corrected chi connectivity index (χ1v) is 6.76. The molecule has 1 aliphatic heterocycles. The molecule has 2 N–H and O–H groups in total. The second kappa shape index (κ2) is 4.00. The maximum Gasteiger partial charge on any atom is 0.240 e. The highest BCUT2D eigenvalue weighted by atomic mass is 16.2. The fraction of sp³-hybridized carbons (Fsp3) is 0.846. The highest BCUT2D eigenvalue weighted by Gasteiger charge is 2.49. The van der Waals surface area contributed by atoms with E-state index < -0.39 is 0 Å².